The number of thioether (sulfide) groups is 1. The molecule has 9 heteroatoms. The van der Waals surface area contributed by atoms with E-state index in [1.807, 2.05) is 19.1 Å². The molecule has 0 atom stereocenters. The van der Waals surface area contributed by atoms with Crippen molar-refractivity contribution in [1.29, 1.82) is 0 Å². The molecule has 0 bridgehead atoms. The number of anilines is 1. The highest BCUT2D eigenvalue weighted by molar-refractivity contribution is 7.99. The number of hydrogen-bond donors (Lipinski definition) is 1. The molecule has 0 spiro atoms. The van der Waals surface area contributed by atoms with Crippen LogP contribution in [0.3, 0.4) is 0 Å². The second kappa shape index (κ2) is 10.4. The number of aromatic nitrogens is 2. The molecule has 0 aliphatic carbocycles. The quantitative estimate of drug-likeness (QED) is 0.500. The van der Waals surface area contributed by atoms with E-state index in [0.29, 0.717) is 34.9 Å². The van der Waals surface area contributed by atoms with E-state index in [0.717, 1.165) is 17.5 Å². The Morgan fingerprint density at radius 2 is 1.86 bits per heavy atom. The smallest absolute Gasteiger partial charge is 0.277 e. The first-order chi connectivity index (χ1) is 14.2. The summed E-state index contributed by atoms with van der Waals surface area (Å²) in [5.41, 5.74) is 0.692. The van der Waals surface area contributed by atoms with Crippen molar-refractivity contribution in [3.8, 4) is 17.2 Å². The first-order valence-corrected chi connectivity index (χ1v) is 9.89. The van der Waals surface area contributed by atoms with Gasteiger partial charge in [0.2, 0.25) is 5.91 Å². The molecule has 1 heterocycles. The van der Waals surface area contributed by atoms with E-state index in [1.165, 1.54) is 0 Å². The van der Waals surface area contributed by atoms with Crippen LogP contribution in [0, 0.1) is 0 Å². The lowest BCUT2D eigenvalue weighted by Gasteiger charge is -2.06. The molecule has 8 nitrogen and oxygen atoms in total. The van der Waals surface area contributed by atoms with Gasteiger partial charge in [-0.05, 0) is 43.3 Å². The van der Waals surface area contributed by atoms with Crippen molar-refractivity contribution in [2.45, 2.75) is 18.8 Å². The third-order valence-corrected chi connectivity index (χ3v) is 4.45. The number of ether oxygens (including phenoxy) is 3. The number of nitrogens with zero attached hydrogens (tertiary/aromatic N) is 2. The SMILES string of the molecule is CCOc1ccc(NC(=O)CSc2nnc(COc3cccc(OC)c3)o2)cc1. The van der Waals surface area contributed by atoms with Gasteiger partial charge in [-0.25, -0.2) is 0 Å². The Morgan fingerprint density at radius 1 is 1.07 bits per heavy atom. The van der Waals surface area contributed by atoms with E-state index in [9.17, 15) is 4.79 Å². The molecule has 2 aromatic carbocycles. The summed E-state index contributed by atoms with van der Waals surface area (Å²) < 4.78 is 21.6. The van der Waals surface area contributed by atoms with Gasteiger partial charge < -0.3 is 23.9 Å². The molecule has 0 radical (unpaired) electrons. The van der Waals surface area contributed by atoms with Crippen molar-refractivity contribution in [2.75, 3.05) is 24.8 Å². The molecule has 0 unspecified atom stereocenters. The lowest BCUT2D eigenvalue weighted by Crippen LogP contribution is -2.13. The summed E-state index contributed by atoms with van der Waals surface area (Å²) in [6, 6.07) is 14.4. The molecular formula is C20H21N3O5S. The molecule has 0 saturated carbocycles. The van der Waals surface area contributed by atoms with E-state index >= 15 is 0 Å². The van der Waals surface area contributed by atoms with Crippen molar-refractivity contribution < 1.29 is 23.4 Å². The standard InChI is InChI=1S/C20H21N3O5S/c1-3-26-15-9-7-14(8-10-15)21-18(24)13-29-20-23-22-19(28-20)12-27-17-6-4-5-16(11-17)25-2/h4-11H,3,12-13H2,1-2H3,(H,21,24). The van der Waals surface area contributed by atoms with Crippen LogP contribution in [0.2, 0.25) is 0 Å². The summed E-state index contributed by atoms with van der Waals surface area (Å²) in [6.45, 7) is 2.64. The lowest BCUT2D eigenvalue weighted by molar-refractivity contribution is -0.113. The fraction of sp³-hybridized carbons (Fsp3) is 0.250. The van der Waals surface area contributed by atoms with Crippen molar-refractivity contribution in [3.05, 3.63) is 54.4 Å². The number of benzene rings is 2. The molecule has 1 N–H and O–H groups in total. The molecule has 3 aromatic rings. The highest BCUT2D eigenvalue weighted by Crippen LogP contribution is 2.21. The van der Waals surface area contributed by atoms with E-state index in [2.05, 4.69) is 15.5 Å². The van der Waals surface area contributed by atoms with Crippen molar-refractivity contribution in [1.82, 2.24) is 10.2 Å². The van der Waals surface area contributed by atoms with E-state index in [1.54, 1.807) is 43.5 Å². The normalized spacial score (nSPS) is 10.4. The van der Waals surface area contributed by atoms with Gasteiger partial charge in [0.05, 0.1) is 19.5 Å². The summed E-state index contributed by atoms with van der Waals surface area (Å²) in [6.07, 6.45) is 0. The minimum Gasteiger partial charge on any atom is -0.497 e. The minimum absolute atomic E-state index is 0.124. The summed E-state index contributed by atoms with van der Waals surface area (Å²) in [4.78, 5) is 12.1. The maximum Gasteiger partial charge on any atom is 0.277 e. The summed E-state index contributed by atoms with van der Waals surface area (Å²) in [5, 5.41) is 10.9. The summed E-state index contributed by atoms with van der Waals surface area (Å²) in [7, 11) is 1.59. The van der Waals surface area contributed by atoms with Crippen molar-refractivity contribution >= 4 is 23.4 Å². The minimum atomic E-state index is -0.174. The van der Waals surface area contributed by atoms with Crippen LogP contribution in [0.25, 0.3) is 0 Å². The first kappa shape index (κ1) is 20.5. The topological polar surface area (TPSA) is 95.7 Å². The number of methoxy groups -OCH3 is 1. The first-order valence-electron chi connectivity index (χ1n) is 8.91. The van der Waals surface area contributed by atoms with E-state index < -0.39 is 0 Å². The zero-order chi connectivity index (χ0) is 20.5. The third kappa shape index (κ3) is 6.42. The van der Waals surface area contributed by atoms with Crippen LogP contribution in [-0.4, -0.2) is 35.6 Å². The molecule has 0 aliphatic heterocycles. The molecule has 0 aliphatic rings. The van der Waals surface area contributed by atoms with Gasteiger partial charge in [0.15, 0.2) is 6.61 Å². The molecule has 152 valence electrons. The molecule has 0 fully saturated rings. The lowest BCUT2D eigenvalue weighted by atomic mass is 10.3. The highest BCUT2D eigenvalue weighted by Gasteiger charge is 2.11. The average molecular weight is 415 g/mol. The van der Waals surface area contributed by atoms with Crippen molar-refractivity contribution in [3.63, 3.8) is 0 Å². The molecule has 0 saturated heterocycles. The maximum atomic E-state index is 12.1. The number of nitrogens with one attached hydrogen (secondary N) is 1. The Kier molecular flexibility index (Phi) is 7.34. The molecule has 29 heavy (non-hydrogen) atoms. The van der Waals surface area contributed by atoms with Gasteiger partial charge in [-0.15, -0.1) is 10.2 Å². The Morgan fingerprint density at radius 3 is 2.62 bits per heavy atom. The molecular weight excluding hydrogens is 394 g/mol. The van der Waals surface area contributed by atoms with Gasteiger partial charge in [0, 0.05) is 11.8 Å². The van der Waals surface area contributed by atoms with Crippen LogP contribution < -0.4 is 19.5 Å². The highest BCUT2D eigenvalue weighted by atomic mass is 32.2. The largest absolute Gasteiger partial charge is 0.497 e. The van der Waals surface area contributed by atoms with Gasteiger partial charge in [0.25, 0.3) is 11.1 Å². The number of hydrogen-bond acceptors (Lipinski definition) is 8. The fourth-order valence-electron chi connectivity index (χ4n) is 2.32. The van der Waals surface area contributed by atoms with Gasteiger partial charge in [-0.2, -0.15) is 0 Å². The van der Waals surface area contributed by atoms with Crippen LogP contribution in [0.15, 0.2) is 58.2 Å². The third-order valence-electron chi connectivity index (χ3n) is 3.63. The summed E-state index contributed by atoms with van der Waals surface area (Å²) in [5.74, 6) is 2.38. The second-order valence-electron chi connectivity index (χ2n) is 5.72. The molecule has 1 aromatic heterocycles. The number of carbonyl (C=O) groups excluding carboxylic acids is 1. The van der Waals surface area contributed by atoms with Gasteiger partial charge in [-0.1, -0.05) is 17.8 Å². The maximum absolute atomic E-state index is 12.1. The Hall–Kier alpha value is -3.20. The monoisotopic (exact) mass is 415 g/mol. The fourth-order valence-corrected chi connectivity index (χ4v) is 2.90. The Balaban J connectivity index is 1.44. The van der Waals surface area contributed by atoms with Crippen LogP contribution in [0.5, 0.6) is 17.2 Å². The van der Waals surface area contributed by atoms with Crippen LogP contribution in [-0.2, 0) is 11.4 Å². The predicted molar refractivity (Wildman–Crippen MR) is 109 cm³/mol. The van der Waals surface area contributed by atoms with E-state index in [4.69, 9.17) is 18.6 Å². The van der Waals surface area contributed by atoms with Crippen LogP contribution in [0.1, 0.15) is 12.8 Å². The molecule has 3 rings (SSSR count). The molecule has 1 amide bonds. The number of rotatable bonds is 10. The van der Waals surface area contributed by atoms with E-state index in [-0.39, 0.29) is 18.3 Å². The predicted octanol–water partition coefficient (Wildman–Crippen LogP) is 3.79. The van der Waals surface area contributed by atoms with Crippen LogP contribution >= 0.6 is 11.8 Å². The Bertz CT molecular complexity index is 930. The number of carbonyl (C=O) groups is 1. The second-order valence-corrected chi connectivity index (χ2v) is 6.65. The van der Waals surface area contributed by atoms with Crippen LogP contribution in [0.4, 0.5) is 5.69 Å². The zero-order valence-electron chi connectivity index (χ0n) is 16.1. The number of amides is 1. The average Bonchev–Trinajstić information content (AvgIpc) is 3.20. The zero-order valence-corrected chi connectivity index (χ0v) is 16.9. The van der Waals surface area contributed by atoms with Gasteiger partial charge in [0.1, 0.15) is 17.2 Å². The van der Waals surface area contributed by atoms with Gasteiger partial charge >= 0.3 is 0 Å². The van der Waals surface area contributed by atoms with Crippen molar-refractivity contribution in [2.24, 2.45) is 0 Å². The summed E-state index contributed by atoms with van der Waals surface area (Å²) >= 11 is 1.16. The van der Waals surface area contributed by atoms with Gasteiger partial charge in [-0.3, -0.25) is 4.79 Å². The Labute approximate surface area is 172 Å².